The molecule has 0 bridgehead atoms. The Hall–Kier alpha value is -3.49. The van der Waals surface area contributed by atoms with Crippen LogP contribution in [0, 0.1) is 11.8 Å². The topological polar surface area (TPSA) is 105 Å². The first-order valence-corrected chi connectivity index (χ1v) is 13.2. The van der Waals surface area contributed by atoms with Crippen LogP contribution in [0.5, 0.6) is 0 Å². The van der Waals surface area contributed by atoms with Gasteiger partial charge >= 0.3 is 6.09 Å². The molecule has 1 atom stereocenters. The highest BCUT2D eigenvalue weighted by molar-refractivity contribution is 5.91. The van der Waals surface area contributed by atoms with Gasteiger partial charge in [-0.05, 0) is 56.9 Å². The van der Waals surface area contributed by atoms with Gasteiger partial charge in [-0.15, -0.1) is 0 Å². The summed E-state index contributed by atoms with van der Waals surface area (Å²) in [6.07, 6.45) is 2.39. The van der Waals surface area contributed by atoms with Crippen LogP contribution in [0.25, 0.3) is 0 Å². The van der Waals surface area contributed by atoms with Crippen LogP contribution in [-0.4, -0.2) is 62.4 Å². The maximum atomic E-state index is 13.8. The number of nitrogens with zero attached hydrogens (tertiary/aromatic N) is 4. The lowest BCUT2D eigenvalue weighted by Crippen LogP contribution is -2.53. The summed E-state index contributed by atoms with van der Waals surface area (Å²) in [7, 11) is 0. The fourth-order valence-corrected chi connectivity index (χ4v) is 3.92. The molecule has 38 heavy (non-hydrogen) atoms. The summed E-state index contributed by atoms with van der Waals surface area (Å²) in [5, 5.41) is 2.68. The zero-order valence-corrected chi connectivity index (χ0v) is 23.8. The van der Waals surface area contributed by atoms with Gasteiger partial charge in [-0.25, -0.2) is 4.79 Å². The van der Waals surface area contributed by atoms with Gasteiger partial charge in [0.15, 0.2) is 0 Å². The van der Waals surface area contributed by atoms with Crippen molar-refractivity contribution in [2.45, 2.75) is 79.6 Å². The molecule has 0 fully saturated rings. The molecule has 0 saturated heterocycles. The Morgan fingerprint density at radius 2 is 1.34 bits per heavy atom. The third-order valence-electron chi connectivity index (χ3n) is 5.36. The van der Waals surface area contributed by atoms with E-state index in [0.29, 0.717) is 24.5 Å². The van der Waals surface area contributed by atoms with E-state index in [2.05, 4.69) is 15.3 Å². The van der Waals surface area contributed by atoms with Crippen molar-refractivity contribution in [1.29, 1.82) is 0 Å². The van der Waals surface area contributed by atoms with Crippen LogP contribution < -0.4 is 5.32 Å². The standard InChI is InChI=1S/C29H43N5O4/c1-21(2)17-34(18-22(3)4)27(36)25(32-28(37)38-29(5,6)7)16-26(35)33(19-23-12-8-10-14-30-23)20-24-13-9-11-15-31-24/h8-15,21-22,25H,16-20H2,1-7H3,(H,32,37)/t25-/m0/s1. The lowest BCUT2D eigenvalue weighted by Gasteiger charge is -2.32. The second-order valence-corrected chi connectivity index (χ2v) is 11.3. The minimum Gasteiger partial charge on any atom is -0.444 e. The molecule has 0 aromatic carbocycles. The lowest BCUT2D eigenvalue weighted by molar-refractivity contribution is -0.140. The van der Waals surface area contributed by atoms with E-state index in [9.17, 15) is 14.4 Å². The highest BCUT2D eigenvalue weighted by Crippen LogP contribution is 2.14. The van der Waals surface area contributed by atoms with Crippen molar-refractivity contribution in [3.8, 4) is 0 Å². The van der Waals surface area contributed by atoms with Gasteiger partial charge in [0.25, 0.3) is 0 Å². The Morgan fingerprint density at radius 3 is 1.74 bits per heavy atom. The van der Waals surface area contributed by atoms with E-state index >= 15 is 0 Å². The average molecular weight is 526 g/mol. The molecule has 9 heteroatoms. The van der Waals surface area contributed by atoms with Crippen molar-refractivity contribution >= 4 is 17.9 Å². The van der Waals surface area contributed by atoms with Crippen LogP contribution in [-0.2, 0) is 27.4 Å². The van der Waals surface area contributed by atoms with Crippen molar-refractivity contribution in [3.05, 3.63) is 60.2 Å². The minimum absolute atomic E-state index is 0.218. The van der Waals surface area contributed by atoms with Crippen molar-refractivity contribution in [2.24, 2.45) is 11.8 Å². The van der Waals surface area contributed by atoms with E-state index < -0.39 is 17.7 Å². The number of ether oxygens (including phenoxy) is 1. The summed E-state index contributed by atoms with van der Waals surface area (Å²) < 4.78 is 5.43. The fourth-order valence-electron chi connectivity index (χ4n) is 3.92. The van der Waals surface area contributed by atoms with Crippen molar-refractivity contribution in [1.82, 2.24) is 25.1 Å². The molecule has 0 aliphatic heterocycles. The van der Waals surface area contributed by atoms with Crippen LogP contribution in [0.4, 0.5) is 4.79 Å². The third kappa shape index (κ3) is 11.3. The second kappa shape index (κ2) is 14.4. The first kappa shape index (κ1) is 30.7. The first-order chi connectivity index (χ1) is 17.8. The molecule has 0 saturated carbocycles. The minimum atomic E-state index is -1.08. The smallest absolute Gasteiger partial charge is 0.408 e. The van der Waals surface area contributed by atoms with Crippen LogP contribution in [0.3, 0.4) is 0 Å². The van der Waals surface area contributed by atoms with Gasteiger partial charge < -0.3 is 19.9 Å². The number of rotatable bonds is 12. The zero-order chi connectivity index (χ0) is 28.3. The van der Waals surface area contributed by atoms with Crippen LogP contribution in [0.2, 0.25) is 0 Å². The molecular weight excluding hydrogens is 482 g/mol. The Balaban J connectivity index is 2.34. The van der Waals surface area contributed by atoms with Gasteiger partial charge in [-0.3, -0.25) is 19.6 Å². The molecule has 2 aromatic rings. The van der Waals surface area contributed by atoms with E-state index in [1.165, 1.54) is 0 Å². The van der Waals surface area contributed by atoms with E-state index in [1.54, 1.807) is 43.0 Å². The second-order valence-electron chi connectivity index (χ2n) is 11.3. The molecule has 1 N–H and O–H groups in total. The highest BCUT2D eigenvalue weighted by atomic mass is 16.6. The Kier molecular flexibility index (Phi) is 11.7. The van der Waals surface area contributed by atoms with E-state index in [-0.39, 0.29) is 43.2 Å². The SMILES string of the molecule is CC(C)CN(CC(C)C)C(=O)[C@H](CC(=O)N(Cc1ccccn1)Cc1ccccn1)NC(=O)OC(C)(C)C. The quantitative estimate of drug-likeness (QED) is 0.440. The molecule has 0 unspecified atom stereocenters. The van der Waals surface area contributed by atoms with E-state index in [0.717, 1.165) is 0 Å². The van der Waals surface area contributed by atoms with Crippen molar-refractivity contribution in [3.63, 3.8) is 0 Å². The number of nitrogens with one attached hydrogen (secondary N) is 1. The lowest BCUT2D eigenvalue weighted by atomic mass is 10.1. The maximum Gasteiger partial charge on any atom is 0.408 e. The Labute approximate surface area is 227 Å². The van der Waals surface area contributed by atoms with Gasteiger partial charge in [-0.2, -0.15) is 0 Å². The molecule has 208 valence electrons. The van der Waals surface area contributed by atoms with E-state index in [4.69, 9.17) is 4.74 Å². The average Bonchev–Trinajstić information content (AvgIpc) is 2.82. The third-order valence-corrected chi connectivity index (χ3v) is 5.36. The number of hydrogen-bond acceptors (Lipinski definition) is 6. The van der Waals surface area contributed by atoms with Gasteiger partial charge in [0.2, 0.25) is 11.8 Å². The van der Waals surface area contributed by atoms with Crippen molar-refractivity contribution in [2.75, 3.05) is 13.1 Å². The predicted octanol–water partition coefficient (Wildman–Crippen LogP) is 4.43. The molecule has 2 aromatic heterocycles. The van der Waals surface area contributed by atoms with Gasteiger partial charge in [0, 0.05) is 25.5 Å². The molecule has 9 nitrogen and oxygen atoms in total. The monoisotopic (exact) mass is 525 g/mol. The molecule has 0 aliphatic carbocycles. The first-order valence-electron chi connectivity index (χ1n) is 13.2. The number of amides is 3. The number of hydrogen-bond donors (Lipinski definition) is 1. The number of carbonyl (C=O) groups excluding carboxylic acids is 3. The summed E-state index contributed by atoms with van der Waals surface area (Å²) in [4.78, 5) is 52.2. The number of alkyl carbamates (subject to hydrolysis) is 1. The molecule has 2 rings (SSSR count). The van der Waals surface area contributed by atoms with Gasteiger partial charge in [0.05, 0.1) is 30.9 Å². The summed E-state index contributed by atoms with van der Waals surface area (Å²) in [6.45, 7) is 14.9. The Bertz CT molecular complexity index is 971. The largest absolute Gasteiger partial charge is 0.444 e. The summed E-state index contributed by atoms with van der Waals surface area (Å²) in [6, 6.07) is 9.94. The summed E-state index contributed by atoms with van der Waals surface area (Å²) in [5.41, 5.74) is 0.670. The molecule has 0 spiro atoms. The van der Waals surface area contributed by atoms with Crippen LogP contribution in [0.1, 0.15) is 66.3 Å². The highest BCUT2D eigenvalue weighted by Gasteiger charge is 2.32. The summed E-state index contributed by atoms with van der Waals surface area (Å²) in [5.74, 6) is -0.159. The fraction of sp³-hybridized carbons (Fsp3) is 0.552. The van der Waals surface area contributed by atoms with E-state index in [1.807, 2.05) is 64.1 Å². The summed E-state index contributed by atoms with van der Waals surface area (Å²) >= 11 is 0. The normalized spacial score (nSPS) is 12.2. The maximum absolute atomic E-state index is 13.8. The van der Waals surface area contributed by atoms with Crippen LogP contribution in [0.15, 0.2) is 48.8 Å². The van der Waals surface area contributed by atoms with Gasteiger partial charge in [0.1, 0.15) is 11.6 Å². The predicted molar refractivity (Wildman–Crippen MR) is 147 cm³/mol. The van der Waals surface area contributed by atoms with Crippen LogP contribution >= 0.6 is 0 Å². The number of pyridine rings is 2. The number of carbonyl (C=O) groups is 3. The molecule has 3 amide bonds. The van der Waals surface area contributed by atoms with Gasteiger partial charge in [-0.1, -0.05) is 39.8 Å². The molecule has 2 heterocycles. The Morgan fingerprint density at radius 1 is 0.842 bits per heavy atom. The number of aromatic nitrogens is 2. The molecule has 0 radical (unpaired) electrons. The van der Waals surface area contributed by atoms with Crippen molar-refractivity contribution < 1.29 is 19.1 Å². The molecular formula is C29H43N5O4. The zero-order valence-electron chi connectivity index (χ0n) is 23.8. The molecule has 0 aliphatic rings.